The third-order valence-corrected chi connectivity index (χ3v) is 3.71. The van der Waals surface area contributed by atoms with Gasteiger partial charge in [-0.2, -0.15) is 0 Å². The molecule has 1 aliphatic rings. The Morgan fingerprint density at radius 1 is 1.21 bits per heavy atom. The van der Waals surface area contributed by atoms with Crippen molar-refractivity contribution >= 4 is 11.6 Å². The lowest BCUT2D eigenvalue weighted by Gasteiger charge is -2.23. The summed E-state index contributed by atoms with van der Waals surface area (Å²) in [6.07, 6.45) is 6.79. The topological polar surface area (TPSA) is 63.8 Å². The minimum Gasteiger partial charge on any atom is -0.384 e. The fourth-order valence-corrected chi connectivity index (χ4v) is 2.53. The first kappa shape index (κ1) is 14.1. The lowest BCUT2D eigenvalue weighted by Crippen LogP contribution is -2.21. The molecule has 0 spiro atoms. The molecule has 19 heavy (non-hydrogen) atoms. The van der Waals surface area contributed by atoms with Crippen LogP contribution in [0.2, 0.25) is 0 Å². The van der Waals surface area contributed by atoms with Gasteiger partial charge in [-0.3, -0.25) is 0 Å². The number of aromatic nitrogens is 2. The number of nitrogens with one attached hydrogen (secondary N) is 1. The molecule has 0 aromatic carbocycles. The fraction of sp³-hybridized carbons (Fsp3) is 0.733. The number of nitrogen functional groups attached to an aromatic ring is 1. The molecule has 2 rings (SSSR count). The average molecular weight is 262 g/mol. The van der Waals surface area contributed by atoms with Crippen molar-refractivity contribution in [3.05, 3.63) is 11.9 Å². The highest BCUT2D eigenvalue weighted by atomic mass is 15.1. The zero-order valence-corrected chi connectivity index (χ0v) is 12.4. The van der Waals surface area contributed by atoms with E-state index in [9.17, 15) is 0 Å². The molecule has 4 heteroatoms. The second-order valence-electron chi connectivity index (χ2n) is 6.64. The molecular weight excluding hydrogens is 236 g/mol. The molecule has 0 aliphatic heterocycles. The number of rotatable bonds is 3. The van der Waals surface area contributed by atoms with Gasteiger partial charge in [-0.15, -0.1) is 0 Å². The molecule has 4 nitrogen and oxygen atoms in total. The zero-order valence-electron chi connectivity index (χ0n) is 12.4. The summed E-state index contributed by atoms with van der Waals surface area (Å²) in [6.45, 7) is 7.31. The lowest BCUT2D eigenvalue weighted by molar-refractivity contribution is 0.373. The van der Waals surface area contributed by atoms with E-state index in [1.807, 2.05) is 6.07 Å². The largest absolute Gasteiger partial charge is 0.384 e. The van der Waals surface area contributed by atoms with E-state index in [1.165, 1.54) is 32.1 Å². The molecule has 1 saturated carbocycles. The van der Waals surface area contributed by atoms with E-state index < -0.39 is 0 Å². The Balaban J connectivity index is 2.01. The molecule has 0 atom stereocenters. The van der Waals surface area contributed by atoms with Crippen LogP contribution in [0, 0.1) is 5.92 Å². The zero-order chi connectivity index (χ0) is 13.9. The average Bonchev–Trinajstić information content (AvgIpc) is 2.36. The maximum atomic E-state index is 5.87. The minimum absolute atomic E-state index is 0.0728. The van der Waals surface area contributed by atoms with Crippen LogP contribution < -0.4 is 11.1 Å². The Kier molecular flexibility index (Phi) is 4.27. The number of nitrogens with zero attached hydrogens (tertiary/aromatic N) is 2. The summed E-state index contributed by atoms with van der Waals surface area (Å²) in [7, 11) is 0. The van der Waals surface area contributed by atoms with Gasteiger partial charge in [0.15, 0.2) is 0 Å². The molecule has 1 heterocycles. The summed E-state index contributed by atoms with van der Waals surface area (Å²) < 4.78 is 0. The van der Waals surface area contributed by atoms with Gasteiger partial charge in [0.25, 0.3) is 0 Å². The van der Waals surface area contributed by atoms with E-state index in [0.29, 0.717) is 5.82 Å². The van der Waals surface area contributed by atoms with Gasteiger partial charge in [0, 0.05) is 18.0 Å². The van der Waals surface area contributed by atoms with Crippen LogP contribution in [0.25, 0.3) is 0 Å². The van der Waals surface area contributed by atoms with Gasteiger partial charge in [-0.1, -0.05) is 40.0 Å². The molecular formula is C15H26N4. The highest BCUT2D eigenvalue weighted by molar-refractivity contribution is 5.45. The standard InChI is InChI=1S/C15H26N4/c1-15(2,3)14-18-12(16)9-13(19-14)17-10-11-7-5-4-6-8-11/h9,11H,4-8,10H2,1-3H3,(H3,16,17,18,19). The van der Waals surface area contributed by atoms with Crippen molar-refractivity contribution in [1.82, 2.24) is 9.97 Å². The summed E-state index contributed by atoms with van der Waals surface area (Å²) in [6, 6.07) is 1.83. The van der Waals surface area contributed by atoms with Crippen LogP contribution in [0.3, 0.4) is 0 Å². The van der Waals surface area contributed by atoms with Crippen LogP contribution in [-0.4, -0.2) is 16.5 Å². The molecule has 3 N–H and O–H groups in total. The second kappa shape index (κ2) is 5.76. The first-order valence-corrected chi connectivity index (χ1v) is 7.34. The number of hydrogen-bond acceptors (Lipinski definition) is 4. The summed E-state index contributed by atoms with van der Waals surface area (Å²) in [5.74, 6) is 3.00. The Morgan fingerprint density at radius 3 is 2.53 bits per heavy atom. The Labute approximate surface area is 116 Å². The van der Waals surface area contributed by atoms with Crippen molar-refractivity contribution in [3.63, 3.8) is 0 Å². The number of nitrogens with two attached hydrogens (primary N) is 1. The Hall–Kier alpha value is -1.32. The summed E-state index contributed by atoms with van der Waals surface area (Å²) in [5.41, 5.74) is 5.80. The van der Waals surface area contributed by atoms with Crippen molar-refractivity contribution in [1.29, 1.82) is 0 Å². The van der Waals surface area contributed by atoms with Crippen LogP contribution >= 0.6 is 0 Å². The van der Waals surface area contributed by atoms with Gasteiger partial charge in [0.1, 0.15) is 17.5 Å². The predicted octanol–water partition coefficient (Wildman–Crippen LogP) is 3.35. The SMILES string of the molecule is CC(C)(C)c1nc(N)cc(NCC2CCCCC2)n1. The van der Waals surface area contributed by atoms with E-state index in [0.717, 1.165) is 24.1 Å². The van der Waals surface area contributed by atoms with Crippen molar-refractivity contribution in [2.75, 3.05) is 17.6 Å². The van der Waals surface area contributed by atoms with E-state index in [4.69, 9.17) is 5.73 Å². The molecule has 1 aromatic heterocycles. The molecule has 1 aromatic rings. The Morgan fingerprint density at radius 2 is 1.89 bits per heavy atom. The van der Waals surface area contributed by atoms with Gasteiger partial charge in [0.2, 0.25) is 0 Å². The van der Waals surface area contributed by atoms with E-state index in [1.54, 1.807) is 0 Å². The van der Waals surface area contributed by atoms with Crippen LogP contribution in [0.5, 0.6) is 0 Å². The quantitative estimate of drug-likeness (QED) is 0.877. The van der Waals surface area contributed by atoms with Gasteiger partial charge < -0.3 is 11.1 Å². The molecule has 0 radical (unpaired) electrons. The van der Waals surface area contributed by atoms with Crippen LogP contribution in [-0.2, 0) is 5.41 Å². The highest BCUT2D eigenvalue weighted by Crippen LogP contribution is 2.25. The number of hydrogen-bond donors (Lipinski definition) is 2. The molecule has 106 valence electrons. The summed E-state index contributed by atoms with van der Waals surface area (Å²) in [4.78, 5) is 8.91. The maximum absolute atomic E-state index is 5.87. The van der Waals surface area contributed by atoms with E-state index in [-0.39, 0.29) is 5.41 Å². The number of anilines is 2. The molecule has 0 saturated heterocycles. The fourth-order valence-electron chi connectivity index (χ4n) is 2.53. The molecule has 1 fully saturated rings. The normalized spacial score (nSPS) is 17.4. The smallest absolute Gasteiger partial charge is 0.138 e. The van der Waals surface area contributed by atoms with Crippen LogP contribution in [0.15, 0.2) is 6.07 Å². The van der Waals surface area contributed by atoms with Gasteiger partial charge in [-0.25, -0.2) is 9.97 Å². The minimum atomic E-state index is -0.0728. The van der Waals surface area contributed by atoms with Crippen molar-refractivity contribution < 1.29 is 0 Å². The highest BCUT2D eigenvalue weighted by Gasteiger charge is 2.19. The van der Waals surface area contributed by atoms with Gasteiger partial charge in [-0.05, 0) is 18.8 Å². The first-order chi connectivity index (χ1) is 8.95. The first-order valence-electron chi connectivity index (χ1n) is 7.34. The van der Waals surface area contributed by atoms with Crippen LogP contribution in [0.1, 0.15) is 58.7 Å². The monoisotopic (exact) mass is 262 g/mol. The molecule has 1 aliphatic carbocycles. The third-order valence-electron chi connectivity index (χ3n) is 3.71. The summed E-state index contributed by atoms with van der Waals surface area (Å²) in [5, 5.41) is 3.44. The van der Waals surface area contributed by atoms with E-state index in [2.05, 4.69) is 36.1 Å². The molecule has 0 bridgehead atoms. The summed E-state index contributed by atoms with van der Waals surface area (Å²) >= 11 is 0. The third kappa shape index (κ3) is 4.08. The van der Waals surface area contributed by atoms with Crippen molar-refractivity contribution in [2.24, 2.45) is 5.92 Å². The van der Waals surface area contributed by atoms with Gasteiger partial charge >= 0.3 is 0 Å². The molecule has 0 unspecified atom stereocenters. The van der Waals surface area contributed by atoms with Crippen molar-refractivity contribution in [3.8, 4) is 0 Å². The maximum Gasteiger partial charge on any atom is 0.138 e. The lowest BCUT2D eigenvalue weighted by atomic mass is 9.89. The molecule has 0 amide bonds. The Bertz CT molecular complexity index is 417. The van der Waals surface area contributed by atoms with E-state index >= 15 is 0 Å². The second-order valence-corrected chi connectivity index (χ2v) is 6.64. The predicted molar refractivity (Wildman–Crippen MR) is 80.2 cm³/mol. The van der Waals surface area contributed by atoms with Crippen molar-refractivity contribution in [2.45, 2.75) is 58.3 Å². The van der Waals surface area contributed by atoms with Crippen LogP contribution in [0.4, 0.5) is 11.6 Å². The van der Waals surface area contributed by atoms with Gasteiger partial charge in [0.05, 0.1) is 0 Å².